The molecule has 0 heterocycles. The van der Waals surface area contributed by atoms with Crippen LogP contribution in [-0.4, -0.2) is 26.4 Å². The molecule has 0 aromatic rings. The predicted molar refractivity (Wildman–Crippen MR) is 20.3 cm³/mol. The molecular weight excluding hydrogens is 122 g/mol. The molecule has 4 nitrogen and oxygen atoms in total. The van der Waals surface area contributed by atoms with Crippen molar-refractivity contribution < 1.29 is 17.9 Å². The lowest BCUT2D eigenvalue weighted by Gasteiger charge is -1.96. The van der Waals surface area contributed by atoms with Gasteiger partial charge in [-0.25, -0.2) is 4.57 Å². The minimum Gasteiger partial charge on any atom is -0.428 e. The van der Waals surface area contributed by atoms with E-state index in [1.165, 1.54) is 0 Å². The Balaban J connectivity index is 3.48. The van der Waals surface area contributed by atoms with Gasteiger partial charge in [-0.2, -0.15) is 0 Å². The van der Waals surface area contributed by atoms with Crippen LogP contribution in [0.3, 0.4) is 0 Å². The Bertz CT molecular complexity index is 71.6. The first kappa shape index (κ1) is 6.64. The molecule has 0 aromatic heterocycles. The van der Waals surface area contributed by atoms with Crippen LogP contribution in [-0.2, 0) is 8.14 Å². The van der Waals surface area contributed by atoms with Gasteiger partial charge in [-0.1, -0.05) is 0 Å². The average Bonchev–Trinajstić information content (AvgIpc) is 1.35. The second kappa shape index (κ2) is 2.08. The summed E-state index contributed by atoms with van der Waals surface area (Å²) in [4.78, 5) is 15.4. The molecule has 1 radical (unpaired) electrons. The van der Waals surface area contributed by atoms with Crippen LogP contribution in [0.1, 0.15) is 0 Å². The highest BCUT2D eigenvalue weighted by Gasteiger charge is 2.05. The Hall–Kier alpha value is 0.642. The summed E-state index contributed by atoms with van der Waals surface area (Å²) in [6.45, 7) is 0. The summed E-state index contributed by atoms with van der Waals surface area (Å²) < 4.78 is 13.1. The van der Waals surface area contributed by atoms with Gasteiger partial charge >= 0.3 is 24.4 Å². The molecule has 0 aliphatic carbocycles. The molecule has 0 unspecified atom stereocenters. The van der Waals surface area contributed by atoms with Crippen LogP contribution in [0.25, 0.3) is 0 Å². The summed E-state index contributed by atoms with van der Waals surface area (Å²) in [6, 6.07) is 0. The predicted octanol–water partition coefficient (Wildman–Crippen LogP) is -1.09. The Morgan fingerprint density at radius 2 is 1.83 bits per heavy atom. The molecule has 0 saturated carbocycles. The SMILES string of the molecule is O=P(O)(O)[O][AlH]. The molecular formula is H3AlO4P. The van der Waals surface area contributed by atoms with E-state index in [1.54, 1.807) is 0 Å². The van der Waals surface area contributed by atoms with Crippen molar-refractivity contribution in [3.8, 4) is 0 Å². The van der Waals surface area contributed by atoms with Gasteiger partial charge in [0.2, 0.25) is 0 Å². The topological polar surface area (TPSA) is 66.8 Å². The van der Waals surface area contributed by atoms with Crippen molar-refractivity contribution in [2.75, 3.05) is 0 Å². The van der Waals surface area contributed by atoms with Gasteiger partial charge in [0.25, 0.3) is 0 Å². The minimum absolute atomic E-state index is 0.773. The zero-order valence-corrected chi connectivity index (χ0v) is 5.17. The van der Waals surface area contributed by atoms with Crippen LogP contribution < -0.4 is 0 Å². The van der Waals surface area contributed by atoms with Gasteiger partial charge in [0.1, 0.15) is 0 Å². The third-order valence-electron chi connectivity index (χ3n) is 0.168. The second-order valence-electron chi connectivity index (χ2n) is 0.620. The van der Waals surface area contributed by atoms with Gasteiger partial charge in [-0.3, -0.25) is 0 Å². The molecule has 0 fully saturated rings. The van der Waals surface area contributed by atoms with Crippen LogP contribution in [0.2, 0.25) is 0 Å². The van der Waals surface area contributed by atoms with Gasteiger partial charge in [-0.05, 0) is 0 Å². The van der Waals surface area contributed by atoms with Crippen molar-refractivity contribution in [3.05, 3.63) is 0 Å². The smallest absolute Gasteiger partial charge is 0.428 e. The van der Waals surface area contributed by atoms with Crippen LogP contribution >= 0.6 is 7.82 Å². The Kier molecular flexibility index (Phi) is 2.31. The summed E-state index contributed by atoms with van der Waals surface area (Å²) in [5, 5.41) is 0. The molecule has 0 aliphatic rings. The fourth-order valence-corrected chi connectivity index (χ4v) is 0. The highest BCUT2D eigenvalue weighted by Crippen LogP contribution is 2.33. The maximum absolute atomic E-state index is 9.48. The summed E-state index contributed by atoms with van der Waals surface area (Å²) >= 11 is 0.773. The number of hydrogen-bond donors (Lipinski definition) is 2. The summed E-state index contributed by atoms with van der Waals surface area (Å²) in [5.41, 5.74) is 0. The van der Waals surface area contributed by atoms with E-state index < -0.39 is 7.82 Å². The van der Waals surface area contributed by atoms with E-state index in [1.807, 2.05) is 0 Å². The number of rotatable bonds is 1. The molecule has 0 amide bonds. The van der Waals surface area contributed by atoms with E-state index in [9.17, 15) is 4.57 Å². The summed E-state index contributed by atoms with van der Waals surface area (Å²) in [7, 11) is -4.13. The lowest BCUT2D eigenvalue weighted by Crippen LogP contribution is -1.78. The highest BCUT2D eigenvalue weighted by molar-refractivity contribution is 7.47. The summed E-state index contributed by atoms with van der Waals surface area (Å²) in [5.74, 6) is 0. The standard InChI is InChI=1S/Al.H3O4P.H/c;1-5(2,3)4;/h;(H3,1,2,3,4);/q+1;;/p-1. The van der Waals surface area contributed by atoms with Gasteiger partial charge < -0.3 is 13.4 Å². The van der Waals surface area contributed by atoms with E-state index in [2.05, 4.69) is 3.58 Å². The number of hydrogen-bond acceptors (Lipinski definition) is 2. The Morgan fingerprint density at radius 1 is 1.67 bits per heavy atom. The van der Waals surface area contributed by atoms with Crippen LogP contribution in [0.4, 0.5) is 0 Å². The molecule has 0 atom stereocenters. The Morgan fingerprint density at radius 3 is 1.83 bits per heavy atom. The lowest BCUT2D eigenvalue weighted by atomic mass is 15.7. The fourth-order valence-electron chi connectivity index (χ4n) is 0. The molecule has 0 bridgehead atoms. The normalized spacial score (nSPS) is 11.7. The summed E-state index contributed by atoms with van der Waals surface area (Å²) in [6.07, 6.45) is 0. The third kappa shape index (κ3) is 4.64. The van der Waals surface area contributed by atoms with Crippen molar-refractivity contribution in [1.29, 1.82) is 0 Å². The van der Waals surface area contributed by atoms with E-state index in [0.717, 1.165) is 16.6 Å². The van der Waals surface area contributed by atoms with Gasteiger partial charge in [0.05, 0.1) is 0 Å². The first-order valence-electron chi connectivity index (χ1n) is 1.05. The molecule has 2 N–H and O–H groups in total. The van der Waals surface area contributed by atoms with Gasteiger partial charge in [0.15, 0.2) is 0 Å². The molecule has 0 aliphatic heterocycles. The fraction of sp³-hybridized carbons (Fsp3) is 0. The number of phosphoric acid groups is 1. The van der Waals surface area contributed by atoms with E-state index in [4.69, 9.17) is 9.79 Å². The van der Waals surface area contributed by atoms with Crippen LogP contribution in [0.5, 0.6) is 0 Å². The molecule has 0 aromatic carbocycles. The molecule has 35 valence electrons. The molecule has 6 heavy (non-hydrogen) atoms. The zero-order chi connectivity index (χ0) is 5.21. The maximum Gasteiger partial charge on any atom is 0.440 e. The maximum atomic E-state index is 9.48. The Labute approximate surface area is 43.1 Å². The minimum atomic E-state index is -4.13. The zero-order valence-electron chi connectivity index (χ0n) is 2.87. The first-order chi connectivity index (χ1) is 2.56. The average molecular weight is 125 g/mol. The van der Waals surface area contributed by atoms with Crippen molar-refractivity contribution in [2.24, 2.45) is 0 Å². The lowest BCUT2D eigenvalue weighted by molar-refractivity contribution is 0.292. The highest BCUT2D eigenvalue weighted by atomic mass is 31.2. The van der Waals surface area contributed by atoms with Crippen LogP contribution in [0, 0.1) is 0 Å². The van der Waals surface area contributed by atoms with Gasteiger partial charge in [0, 0.05) is 0 Å². The third-order valence-corrected chi connectivity index (χ3v) is 1.51. The van der Waals surface area contributed by atoms with Gasteiger partial charge in [-0.15, -0.1) is 0 Å². The van der Waals surface area contributed by atoms with E-state index in [-0.39, 0.29) is 0 Å². The van der Waals surface area contributed by atoms with Crippen molar-refractivity contribution >= 4 is 24.4 Å². The molecule has 0 rings (SSSR count). The second-order valence-corrected chi connectivity index (χ2v) is 2.63. The largest absolute Gasteiger partial charge is 0.440 e. The quantitative estimate of drug-likeness (QED) is 0.345. The monoisotopic (exact) mass is 125 g/mol. The van der Waals surface area contributed by atoms with Crippen LogP contribution in [0.15, 0.2) is 0 Å². The van der Waals surface area contributed by atoms with Crippen molar-refractivity contribution in [2.45, 2.75) is 0 Å². The van der Waals surface area contributed by atoms with Crippen molar-refractivity contribution in [1.82, 2.24) is 0 Å². The van der Waals surface area contributed by atoms with E-state index >= 15 is 0 Å². The first-order valence-corrected chi connectivity index (χ1v) is 3.16. The molecule has 0 spiro atoms. The molecule has 0 saturated heterocycles. The van der Waals surface area contributed by atoms with E-state index in [0.29, 0.717) is 0 Å². The van der Waals surface area contributed by atoms with Crippen molar-refractivity contribution in [3.63, 3.8) is 0 Å². The molecule has 6 heteroatoms.